The van der Waals surface area contributed by atoms with Gasteiger partial charge in [0.2, 0.25) is 0 Å². The molecule has 0 aliphatic carbocycles. The average molecular weight is 842 g/mol. The van der Waals surface area contributed by atoms with Gasteiger partial charge in [0.15, 0.2) is 24.5 Å². The van der Waals surface area contributed by atoms with Gasteiger partial charge in [-0.15, -0.1) is 0 Å². The number of ether oxygens (including phenoxy) is 9. The molecular formula is C42H67NO16. The summed E-state index contributed by atoms with van der Waals surface area (Å²) in [5, 5.41) is 23.5. The number of ketones is 1. The molecule has 4 rings (SSSR count). The molecule has 3 saturated heterocycles. The average Bonchev–Trinajstić information content (AvgIpc) is 3.85. The van der Waals surface area contributed by atoms with Crippen molar-refractivity contribution < 1.29 is 76.8 Å². The quantitative estimate of drug-likeness (QED) is 0.125. The molecule has 0 amide bonds. The van der Waals surface area contributed by atoms with Gasteiger partial charge in [-0.05, 0) is 72.2 Å². The highest BCUT2D eigenvalue weighted by molar-refractivity contribution is 5.91. The van der Waals surface area contributed by atoms with Crippen LogP contribution >= 0.6 is 0 Å². The summed E-state index contributed by atoms with van der Waals surface area (Å²) in [6, 6.07) is -0.800. The predicted octanol–water partition coefficient (Wildman–Crippen LogP) is 2.43. The van der Waals surface area contributed by atoms with Gasteiger partial charge >= 0.3 is 17.9 Å². The number of hydrogen-bond donors (Lipinski definition) is 2. The normalized spacial score (nSPS) is 41.7. The number of esters is 3. The van der Waals surface area contributed by atoms with Crippen LogP contribution in [0.2, 0.25) is 0 Å². The number of aliphatic hydroxyl groups excluding tert-OH is 1. The topological polar surface area (TPSA) is 215 Å². The Kier molecular flexibility index (Phi) is 17.6. The molecule has 59 heavy (non-hydrogen) atoms. The lowest BCUT2D eigenvalue weighted by molar-refractivity contribution is -0.344. The van der Waals surface area contributed by atoms with E-state index in [9.17, 15) is 34.2 Å². The van der Waals surface area contributed by atoms with Gasteiger partial charge in [0, 0.05) is 45.6 Å². The molecule has 4 aliphatic heterocycles. The summed E-state index contributed by atoms with van der Waals surface area (Å²) in [5.41, 5.74) is -1.51. The third-order valence-electron chi connectivity index (χ3n) is 11.4. The zero-order valence-electron chi connectivity index (χ0n) is 36.3. The molecule has 0 unspecified atom stereocenters. The number of hydrogen-bond acceptors (Lipinski definition) is 17. The van der Waals surface area contributed by atoms with E-state index in [2.05, 4.69) is 0 Å². The zero-order chi connectivity index (χ0) is 43.9. The fourth-order valence-corrected chi connectivity index (χ4v) is 8.51. The molecule has 0 aromatic heterocycles. The number of likely N-dealkylation sites (N-methyl/N-ethyl adjacent to an activating group) is 1. The van der Waals surface area contributed by atoms with Crippen LogP contribution in [0.15, 0.2) is 12.2 Å². The first-order valence-corrected chi connectivity index (χ1v) is 20.7. The molecule has 0 aromatic rings. The van der Waals surface area contributed by atoms with Crippen LogP contribution in [0.1, 0.15) is 93.9 Å². The molecule has 0 aromatic carbocycles. The Bertz CT molecular complexity index is 1470. The fourth-order valence-electron chi connectivity index (χ4n) is 8.51. The number of epoxide rings is 1. The third kappa shape index (κ3) is 13.3. The molecule has 0 saturated carbocycles. The minimum atomic E-state index is -1.51. The molecule has 2 N–H and O–H groups in total. The molecule has 4 aliphatic rings. The summed E-state index contributed by atoms with van der Waals surface area (Å²) in [7, 11) is 4.82. The van der Waals surface area contributed by atoms with Gasteiger partial charge < -0.3 is 62.5 Å². The minimum Gasteiger partial charge on any atom is -0.462 e. The standard InChI is InChI=1S/C42H67NO16/c1-21(2)16-32(47)57-40-25(6)53-34(20-42(40,8)50)58-37-24(5)54-41(36(49)35(37)43(9)10)59-38-27(14-15-44)17-22(3)28(46)12-13-29-30(56-29)18-23(4)52-33(48)19-31(39(38)51-11)55-26(7)45/h12-13,15,21-25,27,29-31,34-41,49-50H,14,16-20H2,1-11H3/b13-12+/t22-,23-,24-,25+,27+,29-,30+,31-,34+,35-,36-,37-,38-,39+,40+,41+,42-/m1/s1. The van der Waals surface area contributed by atoms with Crippen molar-refractivity contribution in [3.05, 3.63) is 12.2 Å². The summed E-state index contributed by atoms with van der Waals surface area (Å²) >= 11 is 0. The number of carbonyl (C=O) groups excluding carboxylic acids is 5. The smallest absolute Gasteiger partial charge is 0.309 e. The first-order chi connectivity index (χ1) is 27.6. The van der Waals surface area contributed by atoms with Crippen molar-refractivity contribution in [2.45, 2.75) is 185 Å². The van der Waals surface area contributed by atoms with Crippen molar-refractivity contribution in [2.24, 2.45) is 17.8 Å². The number of cyclic esters (lactones) is 1. The van der Waals surface area contributed by atoms with E-state index in [0.29, 0.717) is 12.7 Å². The summed E-state index contributed by atoms with van der Waals surface area (Å²) < 4.78 is 54.2. The van der Waals surface area contributed by atoms with E-state index in [1.165, 1.54) is 20.1 Å². The van der Waals surface area contributed by atoms with Crippen LogP contribution in [-0.4, -0.2) is 158 Å². The first kappa shape index (κ1) is 48.8. The van der Waals surface area contributed by atoms with Crippen molar-refractivity contribution >= 4 is 30.0 Å². The monoisotopic (exact) mass is 841 g/mol. The molecule has 336 valence electrons. The second-order valence-electron chi connectivity index (χ2n) is 17.5. The lowest BCUT2D eigenvalue weighted by Gasteiger charge is -2.50. The summed E-state index contributed by atoms with van der Waals surface area (Å²) in [6.45, 7) is 13.4. The summed E-state index contributed by atoms with van der Waals surface area (Å²) in [4.78, 5) is 65.8. The Balaban J connectivity index is 1.64. The lowest BCUT2D eigenvalue weighted by Crippen LogP contribution is -2.66. The molecule has 17 atom stereocenters. The minimum absolute atomic E-state index is 0.0551. The summed E-state index contributed by atoms with van der Waals surface area (Å²) in [5.74, 6) is -3.35. The number of allylic oxidation sites excluding steroid dienone is 1. The maximum Gasteiger partial charge on any atom is 0.309 e. The second kappa shape index (κ2) is 21.3. The molecule has 4 heterocycles. The van der Waals surface area contributed by atoms with Crippen LogP contribution in [0.25, 0.3) is 0 Å². The number of nitrogens with zero attached hydrogens (tertiary/aromatic N) is 1. The number of fused-ring (bicyclic) bond motifs is 1. The van der Waals surface area contributed by atoms with E-state index in [0.717, 1.165) is 0 Å². The molecule has 17 heteroatoms. The van der Waals surface area contributed by atoms with E-state index in [1.54, 1.807) is 59.7 Å². The maximum absolute atomic E-state index is 13.4. The van der Waals surface area contributed by atoms with E-state index >= 15 is 0 Å². The largest absolute Gasteiger partial charge is 0.462 e. The maximum atomic E-state index is 13.4. The van der Waals surface area contributed by atoms with Gasteiger partial charge in [0.1, 0.15) is 48.5 Å². The lowest BCUT2D eigenvalue weighted by atomic mass is 9.83. The molecular weight excluding hydrogens is 774 g/mol. The Hall–Kier alpha value is -2.87. The Morgan fingerprint density at radius 2 is 1.69 bits per heavy atom. The Morgan fingerprint density at radius 1 is 1.00 bits per heavy atom. The summed E-state index contributed by atoms with van der Waals surface area (Å²) in [6.07, 6.45) is -7.99. The highest BCUT2D eigenvalue weighted by atomic mass is 16.7. The second-order valence-corrected chi connectivity index (χ2v) is 17.5. The van der Waals surface area contributed by atoms with E-state index in [-0.39, 0.29) is 49.6 Å². The third-order valence-corrected chi connectivity index (χ3v) is 11.4. The number of aliphatic hydroxyl groups is 2. The van der Waals surface area contributed by atoms with Gasteiger partial charge in [-0.3, -0.25) is 19.2 Å². The van der Waals surface area contributed by atoms with Crippen molar-refractivity contribution in [3.63, 3.8) is 0 Å². The van der Waals surface area contributed by atoms with Gasteiger partial charge in [-0.1, -0.05) is 20.8 Å². The number of methoxy groups -OCH3 is 1. The van der Waals surface area contributed by atoms with Gasteiger partial charge in [-0.2, -0.15) is 0 Å². The van der Waals surface area contributed by atoms with Gasteiger partial charge in [-0.25, -0.2) is 0 Å². The Labute approximate surface area is 347 Å². The van der Waals surface area contributed by atoms with Crippen molar-refractivity contribution in [3.8, 4) is 0 Å². The molecule has 3 fully saturated rings. The zero-order valence-corrected chi connectivity index (χ0v) is 36.3. The molecule has 0 bridgehead atoms. The first-order valence-electron chi connectivity index (χ1n) is 20.7. The van der Waals surface area contributed by atoms with Crippen LogP contribution in [-0.2, 0) is 66.6 Å². The molecule has 0 spiro atoms. The Morgan fingerprint density at radius 3 is 2.29 bits per heavy atom. The van der Waals surface area contributed by atoms with Crippen LogP contribution in [0.3, 0.4) is 0 Å². The number of rotatable bonds is 12. The predicted molar refractivity (Wildman–Crippen MR) is 208 cm³/mol. The van der Waals surface area contributed by atoms with Gasteiger partial charge in [0.25, 0.3) is 0 Å². The van der Waals surface area contributed by atoms with Crippen molar-refractivity contribution in [1.82, 2.24) is 4.90 Å². The van der Waals surface area contributed by atoms with Crippen LogP contribution < -0.4 is 0 Å². The van der Waals surface area contributed by atoms with Crippen molar-refractivity contribution in [1.29, 1.82) is 0 Å². The number of carbonyl (C=O) groups is 5. The van der Waals surface area contributed by atoms with Crippen LogP contribution in [0.4, 0.5) is 0 Å². The highest BCUT2D eigenvalue weighted by Crippen LogP contribution is 2.38. The van der Waals surface area contributed by atoms with Crippen LogP contribution in [0, 0.1) is 17.8 Å². The van der Waals surface area contributed by atoms with Crippen LogP contribution in [0.5, 0.6) is 0 Å². The number of aldehydes is 1. The van der Waals surface area contributed by atoms with Crippen molar-refractivity contribution in [2.75, 3.05) is 21.2 Å². The van der Waals surface area contributed by atoms with E-state index < -0.39 is 115 Å². The molecule has 0 radical (unpaired) electrons. The SMILES string of the molecule is CO[C@@H]1[C@H](O[C@@H]2O[C@H](C)[C@@H](O[C@H]3C[C@@](C)(O)[C@@H](OC(=O)CC(C)C)[C@H](C)O3)[C@H](N(C)C)[C@H]2O)[C@@H](CC=O)C[C@@H](C)C(=O)/C=C/[C@H]2O[C@H]2C[C@@H](C)OC(=O)C[C@H]1OC(C)=O. The van der Waals surface area contributed by atoms with E-state index in [1.807, 2.05) is 13.8 Å². The van der Waals surface area contributed by atoms with E-state index in [4.69, 9.17) is 42.6 Å². The fraction of sp³-hybridized carbons (Fsp3) is 0.833. The van der Waals surface area contributed by atoms with Gasteiger partial charge in [0.05, 0.1) is 36.9 Å². The molecule has 17 nitrogen and oxygen atoms in total. The highest BCUT2D eigenvalue weighted by Gasteiger charge is 2.53.